The fourth-order valence-corrected chi connectivity index (χ4v) is 3.57. The minimum Gasteiger partial charge on any atom is -0.458 e. The lowest BCUT2D eigenvalue weighted by atomic mass is 9.99. The highest BCUT2D eigenvalue weighted by Crippen LogP contribution is 2.25. The van der Waals surface area contributed by atoms with Crippen LogP contribution in [0.4, 0.5) is 0 Å². The molecular weight excluding hydrogens is 544 g/mol. The molecule has 2 aromatic carbocycles. The van der Waals surface area contributed by atoms with Crippen LogP contribution in [0.3, 0.4) is 0 Å². The van der Waals surface area contributed by atoms with Crippen LogP contribution in [0.15, 0.2) is 81.3 Å². The highest BCUT2D eigenvalue weighted by molar-refractivity contribution is 9.10. The first-order valence-corrected chi connectivity index (χ1v) is 11.3. The van der Waals surface area contributed by atoms with Crippen LogP contribution >= 0.6 is 31.9 Å². The molecule has 3 rings (SSSR count). The van der Waals surface area contributed by atoms with Gasteiger partial charge in [0.25, 0.3) is 0 Å². The van der Waals surface area contributed by atoms with Crippen molar-refractivity contribution in [3.8, 4) is 0 Å². The third-order valence-corrected chi connectivity index (χ3v) is 5.76. The number of carbonyl (C=O) groups excluding carboxylic acids is 3. The summed E-state index contributed by atoms with van der Waals surface area (Å²) >= 11 is 6.65. The molecule has 6 nitrogen and oxygen atoms in total. The van der Waals surface area contributed by atoms with Crippen LogP contribution in [0.2, 0.25) is 0 Å². The summed E-state index contributed by atoms with van der Waals surface area (Å²) in [5, 5.41) is 0. The molecule has 0 aliphatic carbocycles. The van der Waals surface area contributed by atoms with E-state index in [2.05, 4.69) is 38.4 Å². The lowest BCUT2D eigenvalue weighted by Gasteiger charge is -2.27. The molecule has 166 valence electrons. The largest absolute Gasteiger partial charge is 0.458 e. The average Bonchev–Trinajstić information content (AvgIpc) is 3.16. The van der Waals surface area contributed by atoms with Gasteiger partial charge in [0.15, 0.2) is 6.10 Å². The van der Waals surface area contributed by atoms with Gasteiger partial charge in [0.2, 0.25) is 0 Å². The monoisotopic (exact) mass is 562 g/mol. The van der Waals surface area contributed by atoms with E-state index in [0.717, 1.165) is 8.95 Å². The van der Waals surface area contributed by atoms with Crippen LogP contribution in [-0.4, -0.2) is 36.7 Å². The Morgan fingerprint density at radius 2 is 1.47 bits per heavy atom. The summed E-state index contributed by atoms with van der Waals surface area (Å²) in [5.41, 5.74) is 1.47. The molecule has 0 spiro atoms. The Bertz CT molecular complexity index is 1060. The van der Waals surface area contributed by atoms with Crippen LogP contribution in [0.25, 0.3) is 0 Å². The van der Waals surface area contributed by atoms with Crippen molar-refractivity contribution in [2.75, 3.05) is 6.61 Å². The molecular formula is C24H20Br2O6. The number of halogens is 2. The third-order valence-electron chi connectivity index (χ3n) is 4.70. The van der Waals surface area contributed by atoms with E-state index in [1.54, 1.807) is 61.5 Å². The van der Waals surface area contributed by atoms with Crippen LogP contribution < -0.4 is 0 Å². The molecule has 0 amide bonds. The molecule has 1 aliphatic heterocycles. The minimum atomic E-state index is -0.972. The molecule has 0 fully saturated rings. The van der Waals surface area contributed by atoms with Crippen LogP contribution in [0.1, 0.15) is 34.1 Å². The van der Waals surface area contributed by atoms with E-state index in [1.807, 2.05) is 0 Å². The quantitative estimate of drug-likeness (QED) is 0.243. The average molecular weight is 564 g/mol. The number of rotatable bonds is 8. The van der Waals surface area contributed by atoms with Gasteiger partial charge >= 0.3 is 17.9 Å². The van der Waals surface area contributed by atoms with Crippen LogP contribution in [0, 0.1) is 0 Å². The standard InChI is InChI=1S/C24H20Br2O6/c1-14(2)21(32-24(29)16-5-9-19(26)10-6-16)20(13-17-11-12-30-22(17)27)31-23(28)15-3-7-18(25)8-4-15/h3-11,20-21H,1,12-13H2,2H3/t20-,21+/m0/s1. The van der Waals surface area contributed by atoms with Crippen molar-refractivity contribution < 1.29 is 28.6 Å². The fourth-order valence-electron chi connectivity index (χ4n) is 3.04. The van der Waals surface area contributed by atoms with Crippen molar-refractivity contribution in [3.63, 3.8) is 0 Å². The van der Waals surface area contributed by atoms with E-state index in [-0.39, 0.29) is 13.0 Å². The number of ether oxygens (including phenoxy) is 3. The lowest BCUT2D eigenvalue weighted by molar-refractivity contribution is -0.136. The van der Waals surface area contributed by atoms with Crippen molar-refractivity contribution >= 4 is 49.8 Å². The van der Waals surface area contributed by atoms with E-state index < -0.39 is 30.1 Å². The van der Waals surface area contributed by atoms with Gasteiger partial charge in [-0.3, -0.25) is 0 Å². The van der Waals surface area contributed by atoms with E-state index in [4.69, 9.17) is 14.2 Å². The summed E-state index contributed by atoms with van der Waals surface area (Å²) in [6, 6.07) is 13.3. The van der Waals surface area contributed by atoms with E-state index >= 15 is 0 Å². The zero-order valence-electron chi connectivity index (χ0n) is 17.2. The second-order valence-electron chi connectivity index (χ2n) is 7.16. The van der Waals surface area contributed by atoms with Gasteiger partial charge in [-0.2, -0.15) is 0 Å². The molecule has 32 heavy (non-hydrogen) atoms. The summed E-state index contributed by atoms with van der Waals surface area (Å²) in [4.78, 5) is 37.5. The van der Waals surface area contributed by atoms with Crippen molar-refractivity contribution in [3.05, 3.63) is 92.4 Å². The second-order valence-corrected chi connectivity index (χ2v) is 8.99. The number of cyclic esters (lactones) is 1. The van der Waals surface area contributed by atoms with Gasteiger partial charge in [-0.15, -0.1) is 0 Å². The van der Waals surface area contributed by atoms with Crippen LogP contribution in [0.5, 0.6) is 0 Å². The molecule has 2 atom stereocenters. The summed E-state index contributed by atoms with van der Waals surface area (Å²) < 4.78 is 18.0. The van der Waals surface area contributed by atoms with Crippen LogP contribution in [-0.2, 0) is 19.0 Å². The van der Waals surface area contributed by atoms with E-state index in [1.165, 1.54) is 0 Å². The minimum absolute atomic E-state index is 0.0201. The van der Waals surface area contributed by atoms with E-state index in [9.17, 15) is 14.4 Å². The molecule has 0 aromatic heterocycles. The Hall–Kier alpha value is -2.71. The van der Waals surface area contributed by atoms with Gasteiger partial charge in [0.1, 0.15) is 12.7 Å². The normalized spacial score (nSPS) is 14.7. The lowest BCUT2D eigenvalue weighted by Crippen LogP contribution is -2.37. The Balaban J connectivity index is 1.85. The fraction of sp³-hybridized carbons (Fsp3) is 0.208. The smallest absolute Gasteiger partial charge is 0.338 e. The molecule has 0 bridgehead atoms. The number of carbonyl (C=O) groups is 3. The molecule has 0 unspecified atom stereocenters. The molecule has 0 N–H and O–H groups in total. The maximum absolute atomic E-state index is 12.8. The SMILES string of the molecule is C=C(C)[C@@H](OC(=O)c1ccc(Br)cc1)[C@H](CC1=CCOC1=O)OC(=O)c1ccc(Br)cc1. The maximum atomic E-state index is 12.8. The molecule has 1 aliphatic rings. The molecule has 8 heteroatoms. The van der Waals surface area contributed by atoms with Crippen molar-refractivity contribution in [1.29, 1.82) is 0 Å². The molecule has 0 radical (unpaired) electrons. The predicted octanol–water partition coefficient (Wildman–Crippen LogP) is 5.41. The Morgan fingerprint density at radius 1 is 0.969 bits per heavy atom. The summed E-state index contributed by atoms with van der Waals surface area (Å²) in [6.07, 6.45) is -0.305. The first kappa shape index (κ1) is 23.9. The zero-order chi connectivity index (χ0) is 23.3. The topological polar surface area (TPSA) is 78.9 Å². The Morgan fingerprint density at radius 3 is 1.91 bits per heavy atom. The number of benzene rings is 2. The van der Waals surface area contributed by atoms with Crippen molar-refractivity contribution in [1.82, 2.24) is 0 Å². The Kier molecular flexibility index (Phi) is 8.04. The third kappa shape index (κ3) is 6.17. The number of esters is 3. The van der Waals surface area contributed by atoms with Gasteiger partial charge in [-0.05, 0) is 67.1 Å². The summed E-state index contributed by atoms with van der Waals surface area (Å²) in [5.74, 6) is -1.70. The van der Waals surface area contributed by atoms with Crippen molar-refractivity contribution in [2.24, 2.45) is 0 Å². The summed E-state index contributed by atoms with van der Waals surface area (Å²) in [6.45, 7) is 5.72. The van der Waals surface area contributed by atoms with Gasteiger partial charge in [-0.25, -0.2) is 14.4 Å². The van der Waals surface area contributed by atoms with Gasteiger partial charge < -0.3 is 14.2 Å². The highest BCUT2D eigenvalue weighted by atomic mass is 79.9. The second kappa shape index (κ2) is 10.7. The molecule has 0 saturated carbocycles. The molecule has 1 heterocycles. The van der Waals surface area contributed by atoms with Gasteiger partial charge in [0.05, 0.1) is 11.1 Å². The first-order valence-electron chi connectivity index (χ1n) is 9.69. The highest BCUT2D eigenvalue weighted by Gasteiger charge is 2.33. The Labute approximate surface area is 202 Å². The summed E-state index contributed by atoms with van der Waals surface area (Å²) in [7, 11) is 0. The number of hydrogen-bond donors (Lipinski definition) is 0. The number of hydrogen-bond acceptors (Lipinski definition) is 6. The first-order chi connectivity index (χ1) is 15.2. The maximum Gasteiger partial charge on any atom is 0.338 e. The van der Waals surface area contributed by atoms with Crippen molar-refractivity contribution in [2.45, 2.75) is 25.6 Å². The van der Waals surface area contributed by atoms with Gasteiger partial charge in [0, 0.05) is 20.9 Å². The zero-order valence-corrected chi connectivity index (χ0v) is 20.3. The van der Waals surface area contributed by atoms with E-state index in [0.29, 0.717) is 22.3 Å². The van der Waals surface area contributed by atoms with Gasteiger partial charge in [-0.1, -0.05) is 38.4 Å². The predicted molar refractivity (Wildman–Crippen MR) is 125 cm³/mol. The molecule has 2 aromatic rings. The molecule has 0 saturated heterocycles.